The van der Waals surface area contributed by atoms with E-state index in [4.69, 9.17) is 0 Å². The second-order valence-corrected chi connectivity index (χ2v) is 9.16. The lowest BCUT2D eigenvalue weighted by Crippen LogP contribution is -2.21. The molecule has 0 saturated carbocycles. The molecule has 1 atom stereocenters. The highest BCUT2D eigenvalue weighted by Gasteiger charge is 2.26. The van der Waals surface area contributed by atoms with Gasteiger partial charge in [-0.1, -0.05) is 64.4 Å². The molecule has 0 heterocycles. The van der Waals surface area contributed by atoms with Crippen LogP contribution >= 0.6 is 8.58 Å². The number of aromatic hydroxyl groups is 1. The van der Waals surface area contributed by atoms with Gasteiger partial charge in [0.05, 0.1) is 0 Å². The fourth-order valence-corrected chi connectivity index (χ4v) is 4.37. The van der Waals surface area contributed by atoms with Crippen molar-refractivity contribution < 1.29 is 5.11 Å². The third-order valence-corrected chi connectivity index (χ3v) is 5.76. The third-order valence-electron chi connectivity index (χ3n) is 4.11. The summed E-state index contributed by atoms with van der Waals surface area (Å²) in [5, 5.41) is 11.8. The maximum absolute atomic E-state index is 10.5. The molecule has 0 aliphatic rings. The number of hydrogen-bond acceptors (Lipinski definition) is 2. The Balaban J connectivity index is 2.39. The van der Waals surface area contributed by atoms with Crippen LogP contribution in [0.3, 0.4) is 0 Å². The van der Waals surface area contributed by atoms with Crippen LogP contribution in [0.4, 0.5) is 0 Å². The van der Waals surface area contributed by atoms with E-state index >= 15 is 0 Å². The molecule has 0 fully saturated rings. The summed E-state index contributed by atoms with van der Waals surface area (Å²) in [6.07, 6.45) is 0. The Kier molecular flexibility index (Phi) is 5.49. The summed E-state index contributed by atoms with van der Waals surface area (Å²) in [4.78, 5) is 2.21. The SMILES string of the molecule is Cc1ccc(PC(C)(C)c2cccc(C)c2O)c(CN(C)C)c1. The first-order valence-electron chi connectivity index (χ1n) is 8.02. The highest BCUT2D eigenvalue weighted by Crippen LogP contribution is 2.45. The molecule has 0 spiro atoms. The average Bonchev–Trinajstić information content (AvgIpc) is 2.44. The molecule has 2 nitrogen and oxygen atoms in total. The summed E-state index contributed by atoms with van der Waals surface area (Å²) in [7, 11) is 4.82. The Morgan fingerprint density at radius 1 is 1.09 bits per heavy atom. The zero-order valence-electron chi connectivity index (χ0n) is 15.1. The zero-order valence-corrected chi connectivity index (χ0v) is 16.1. The minimum Gasteiger partial charge on any atom is -0.507 e. The topological polar surface area (TPSA) is 23.5 Å². The largest absolute Gasteiger partial charge is 0.507 e. The molecule has 2 aromatic carbocycles. The first-order valence-corrected chi connectivity index (χ1v) is 9.02. The van der Waals surface area contributed by atoms with Crippen molar-refractivity contribution in [2.75, 3.05) is 14.1 Å². The molecule has 2 aromatic rings. The molecule has 124 valence electrons. The number of rotatable bonds is 5. The van der Waals surface area contributed by atoms with Crippen LogP contribution in [0.15, 0.2) is 36.4 Å². The quantitative estimate of drug-likeness (QED) is 0.826. The first kappa shape index (κ1) is 18.0. The van der Waals surface area contributed by atoms with Gasteiger partial charge in [0.2, 0.25) is 0 Å². The van der Waals surface area contributed by atoms with E-state index in [2.05, 4.69) is 64.0 Å². The van der Waals surface area contributed by atoms with Crippen molar-refractivity contribution >= 4 is 13.9 Å². The maximum atomic E-state index is 10.5. The van der Waals surface area contributed by atoms with Gasteiger partial charge in [0, 0.05) is 17.3 Å². The van der Waals surface area contributed by atoms with E-state index in [1.165, 1.54) is 16.4 Å². The van der Waals surface area contributed by atoms with E-state index in [0.717, 1.165) is 17.7 Å². The van der Waals surface area contributed by atoms with Gasteiger partial charge in [-0.2, -0.15) is 0 Å². The Morgan fingerprint density at radius 2 is 1.78 bits per heavy atom. The summed E-state index contributed by atoms with van der Waals surface area (Å²) in [5.41, 5.74) is 4.66. The van der Waals surface area contributed by atoms with Crippen molar-refractivity contribution in [3.05, 3.63) is 58.7 Å². The highest BCUT2D eigenvalue weighted by molar-refractivity contribution is 7.48. The number of nitrogens with zero attached hydrogens (tertiary/aromatic N) is 1. The molecular formula is C20H28NOP. The lowest BCUT2D eigenvalue weighted by Gasteiger charge is -2.28. The lowest BCUT2D eigenvalue weighted by atomic mass is 9.99. The van der Waals surface area contributed by atoms with Crippen LogP contribution < -0.4 is 5.30 Å². The average molecular weight is 329 g/mol. The minimum atomic E-state index is -0.0908. The second kappa shape index (κ2) is 7.03. The minimum absolute atomic E-state index is 0.0908. The van der Waals surface area contributed by atoms with E-state index in [9.17, 15) is 5.11 Å². The van der Waals surface area contributed by atoms with E-state index in [1.54, 1.807) is 0 Å². The van der Waals surface area contributed by atoms with Crippen molar-refractivity contribution in [1.29, 1.82) is 0 Å². The summed E-state index contributed by atoms with van der Waals surface area (Å²) in [5.74, 6) is 0.436. The number of hydrogen-bond donors (Lipinski definition) is 1. The van der Waals surface area contributed by atoms with Crippen molar-refractivity contribution in [2.24, 2.45) is 0 Å². The Hall–Kier alpha value is -1.37. The maximum Gasteiger partial charge on any atom is 0.122 e. The number of phenolic OH excluding ortho intramolecular Hbond substituents is 1. The molecule has 0 saturated heterocycles. The molecule has 0 bridgehead atoms. The van der Waals surface area contributed by atoms with Crippen LogP contribution in [-0.2, 0) is 11.7 Å². The molecule has 1 unspecified atom stereocenters. The van der Waals surface area contributed by atoms with E-state index in [1.807, 2.05) is 19.1 Å². The van der Waals surface area contributed by atoms with Crippen molar-refractivity contribution in [2.45, 2.75) is 39.4 Å². The van der Waals surface area contributed by atoms with Crippen LogP contribution in [-0.4, -0.2) is 24.1 Å². The van der Waals surface area contributed by atoms with Crippen LogP contribution in [0.2, 0.25) is 0 Å². The first-order chi connectivity index (χ1) is 10.7. The molecule has 3 heteroatoms. The number of para-hydroxylation sites is 1. The number of aryl methyl sites for hydroxylation is 2. The van der Waals surface area contributed by atoms with Gasteiger partial charge in [0.15, 0.2) is 0 Å². The Labute approximate surface area is 142 Å². The number of phenols is 1. The normalized spacial score (nSPS) is 12.5. The third kappa shape index (κ3) is 4.34. The fraction of sp³-hybridized carbons (Fsp3) is 0.400. The van der Waals surface area contributed by atoms with E-state index in [-0.39, 0.29) is 5.16 Å². The molecule has 0 amide bonds. The summed E-state index contributed by atoms with van der Waals surface area (Å²) in [6.45, 7) is 9.49. The molecule has 0 aliphatic heterocycles. The summed E-state index contributed by atoms with van der Waals surface area (Å²) < 4.78 is 0. The van der Waals surface area contributed by atoms with E-state index in [0.29, 0.717) is 14.3 Å². The van der Waals surface area contributed by atoms with Crippen molar-refractivity contribution in [3.8, 4) is 5.75 Å². The van der Waals surface area contributed by atoms with Gasteiger partial charge in [0.25, 0.3) is 0 Å². The monoisotopic (exact) mass is 329 g/mol. The second-order valence-electron chi connectivity index (χ2n) is 7.12. The molecule has 23 heavy (non-hydrogen) atoms. The van der Waals surface area contributed by atoms with Gasteiger partial charge < -0.3 is 10.0 Å². The van der Waals surface area contributed by atoms with Gasteiger partial charge in [-0.15, -0.1) is 0 Å². The summed E-state index contributed by atoms with van der Waals surface area (Å²) in [6, 6.07) is 12.8. The van der Waals surface area contributed by atoms with Crippen LogP contribution in [0.1, 0.15) is 36.1 Å². The van der Waals surface area contributed by atoms with Gasteiger partial charge in [-0.05, 0) is 44.4 Å². The van der Waals surface area contributed by atoms with Gasteiger partial charge in [-0.25, -0.2) is 0 Å². The number of benzene rings is 2. The predicted molar refractivity (Wildman–Crippen MR) is 102 cm³/mol. The van der Waals surface area contributed by atoms with Crippen LogP contribution in [0, 0.1) is 13.8 Å². The highest BCUT2D eigenvalue weighted by atomic mass is 31.1. The van der Waals surface area contributed by atoms with E-state index < -0.39 is 0 Å². The molecule has 2 rings (SSSR count). The molecule has 0 aromatic heterocycles. The van der Waals surface area contributed by atoms with Gasteiger partial charge in [0.1, 0.15) is 5.75 Å². The molecule has 0 aliphatic carbocycles. The van der Waals surface area contributed by atoms with Crippen LogP contribution in [0.5, 0.6) is 5.75 Å². The predicted octanol–water partition coefficient (Wildman–Crippen LogP) is 4.31. The van der Waals surface area contributed by atoms with Crippen molar-refractivity contribution in [1.82, 2.24) is 4.90 Å². The standard InChI is InChI=1S/C20H28NOP/c1-14-10-11-18(16(12-14)13-21(5)6)23-20(3,4)17-9-7-8-15(2)19(17)22/h7-12,22-23H,13H2,1-6H3. The molecule has 1 N–H and O–H groups in total. The van der Waals surface area contributed by atoms with Gasteiger partial charge >= 0.3 is 0 Å². The zero-order chi connectivity index (χ0) is 17.2. The smallest absolute Gasteiger partial charge is 0.122 e. The van der Waals surface area contributed by atoms with Crippen molar-refractivity contribution in [3.63, 3.8) is 0 Å². The van der Waals surface area contributed by atoms with Crippen LogP contribution in [0.25, 0.3) is 0 Å². The lowest BCUT2D eigenvalue weighted by molar-refractivity contribution is 0.403. The Morgan fingerprint density at radius 3 is 2.43 bits per heavy atom. The summed E-state index contributed by atoms with van der Waals surface area (Å²) >= 11 is 0. The van der Waals surface area contributed by atoms with Gasteiger partial charge in [-0.3, -0.25) is 0 Å². The molecular weight excluding hydrogens is 301 g/mol. The Bertz CT molecular complexity index is 692. The molecule has 0 radical (unpaired) electrons. The fourth-order valence-electron chi connectivity index (χ4n) is 2.88.